The van der Waals surface area contributed by atoms with Gasteiger partial charge in [-0.3, -0.25) is 0 Å². The molecule has 0 rings (SSSR count). The molecular weight excluding hydrogens is 240 g/mol. The van der Waals surface area contributed by atoms with E-state index in [1.165, 1.54) is 27.7 Å². The second kappa shape index (κ2) is 7.25. The first kappa shape index (κ1) is 15.9. The quantitative estimate of drug-likeness (QED) is 0.247. The molecule has 0 aromatic heterocycles. The summed E-state index contributed by atoms with van der Waals surface area (Å²) in [5.74, 6) is 0. The van der Waals surface area contributed by atoms with E-state index in [4.69, 9.17) is 10.4 Å². The molecule has 2 N–H and O–H groups in total. The molecule has 0 heterocycles. The molecule has 0 bridgehead atoms. The Morgan fingerprint density at radius 3 is 1.44 bits per heavy atom. The molecule has 102 valence electrons. The molecule has 0 aliphatic rings. The SMILES string of the molecule is CC(=NO)C(C)[N+]([O-])=CC=[N+]([O-])C(C)C(C)=NO. The van der Waals surface area contributed by atoms with Crippen LogP contribution in [0, 0.1) is 10.4 Å². The van der Waals surface area contributed by atoms with Crippen LogP contribution in [0.15, 0.2) is 10.3 Å². The van der Waals surface area contributed by atoms with Crippen molar-refractivity contribution in [1.82, 2.24) is 0 Å². The van der Waals surface area contributed by atoms with Crippen LogP contribution in [0.5, 0.6) is 0 Å². The molecule has 8 nitrogen and oxygen atoms in total. The fourth-order valence-electron chi connectivity index (χ4n) is 0.925. The third-order valence-electron chi connectivity index (χ3n) is 2.65. The van der Waals surface area contributed by atoms with Crippen LogP contribution in [-0.2, 0) is 0 Å². The lowest BCUT2D eigenvalue weighted by atomic mass is 10.2. The summed E-state index contributed by atoms with van der Waals surface area (Å²) in [6.07, 6.45) is 2.04. The maximum absolute atomic E-state index is 11.5. The van der Waals surface area contributed by atoms with E-state index in [1.807, 2.05) is 0 Å². The van der Waals surface area contributed by atoms with E-state index in [0.717, 1.165) is 12.4 Å². The molecule has 8 heteroatoms. The molecule has 0 saturated heterocycles. The molecule has 0 spiro atoms. The van der Waals surface area contributed by atoms with Gasteiger partial charge in [0.15, 0.2) is 0 Å². The molecule has 0 radical (unpaired) electrons. The summed E-state index contributed by atoms with van der Waals surface area (Å²) in [6.45, 7) is 6.05. The molecule has 0 aromatic rings. The second-order valence-corrected chi connectivity index (χ2v) is 3.85. The van der Waals surface area contributed by atoms with Crippen molar-refractivity contribution in [2.24, 2.45) is 10.3 Å². The van der Waals surface area contributed by atoms with E-state index in [0.29, 0.717) is 9.48 Å². The first-order valence-corrected chi connectivity index (χ1v) is 5.31. The lowest BCUT2D eigenvalue weighted by Gasteiger charge is -2.11. The monoisotopic (exact) mass is 258 g/mol. The molecule has 0 aliphatic heterocycles. The average Bonchev–Trinajstić information content (AvgIpc) is 2.40. The first-order valence-electron chi connectivity index (χ1n) is 5.31. The second-order valence-electron chi connectivity index (χ2n) is 3.85. The van der Waals surface area contributed by atoms with Crippen molar-refractivity contribution in [3.05, 3.63) is 10.4 Å². The maximum Gasteiger partial charge on any atom is 0.240 e. The first-order chi connectivity index (χ1) is 8.34. The van der Waals surface area contributed by atoms with Crippen molar-refractivity contribution < 1.29 is 19.9 Å². The zero-order chi connectivity index (χ0) is 14.3. The molecule has 0 aromatic carbocycles. The summed E-state index contributed by atoms with van der Waals surface area (Å²) in [4.78, 5) is 0. The Kier molecular flexibility index (Phi) is 6.40. The summed E-state index contributed by atoms with van der Waals surface area (Å²) >= 11 is 0. The number of nitrogens with zero attached hydrogens (tertiary/aromatic N) is 4. The van der Waals surface area contributed by atoms with E-state index < -0.39 is 12.1 Å². The Labute approximate surface area is 105 Å². The van der Waals surface area contributed by atoms with Gasteiger partial charge in [0.1, 0.15) is 11.4 Å². The highest BCUT2D eigenvalue weighted by Gasteiger charge is 2.16. The van der Waals surface area contributed by atoms with Crippen LogP contribution >= 0.6 is 0 Å². The molecule has 2 atom stereocenters. The van der Waals surface area contributed by atoms with Gasteiger partial charge in [-0.15, -0.1) is 0 Å². The number of hydroxylamine groups is 2. The Morgan fingerprint density at radius 2 is 1.22 bits per heavy atom. The lowest BCUT2D eigenvalue weighted by Crippen LogP contribution is -2.30. The smallest absolute Gasteiger partial charge is 0.240 e. The number of rotatable bonds is 5. The average molecular weight is 258 g/mol. The van der Waals surface area contributed by atoms with Crippen LogP contribution in [0.1, 0.15) is 27.7 Å². The lowest BCUT2D eigenvalue weighted by molar-refractivity contribution is -0.484. The van der Waals surface area contributed by atoms with E-state index in [-0.39, 0.29) is 11.4 Å². The van der Waals surface area contributed by atoms with Crippen LogP contribution in [-0.4, -0.2) is 55.8 Å². The van der Waals surface area contributed by atoms with Gasteiger partial charge in [-0.05, 0) is 13.8 Å². The van der Waals surface area contributed by atoms with Crippen LogP contribution in [0.3, 0.4) is 0 Å². The van der Waals surface area contributed by atoms with Crippen LogP contribution in [0.4, 0.5) is 0 Å². The van der Waals surface area contributed by atoms with Crippen molar-refractivity contribution in [3.63, 3.8) is 0 Å². The Balaban J connectivity index is 4.90. The van der Waals surface area contributed by atoms with Crippen molar-refractivity contribution in [2.45, 2.75) is 39.8 Å². The van der Waals surface area contributed by atoms with Crippen molar-refractivity contribution in [1.29, 1.82) is 0 Å². The van der Waals surface area contributed by atoms with E-state index in [1.54, 1.807) is 0 Å². The summed E-state index contributed by atoms with van der Waals surface area (Å²) in [5, 5.41) is 45.8. The summed E-state index contributed by atoms with van der Waals surface area (Å²) in [6, 6.07) is -1.36. The third-order valence-corrected chi connectivity index (χ3v) is 2.65. The van der Waals surface area contributed by atoms with E-state index in [9.17, 15) is 10.4 Å². The van der Waals surface area contributed by atoms with Crippen molar-refractivity contribution in [3.8, 4) is 0 Å². The maximum atomic E-state index is 11.5. The highest BCUT2D eigenvalue weighted by molar-refractivity contribution is 6.11. The number of oxime groups is 2. The summed E-state index contributed by atoms with van der Waals surface area (Å²) < 4.78 is 0.968. The largest absolute Gasteiger partial charge is 0.623 e. The van der Waals surface area contributed by atoms with Gasteiger partial charge in [-0.1, -0.05) is 10.3 Å². The van der Waals surface area contributed by atoms with Gasteiger partial charge in [0, 0.05) is 13.8 Å². The highest BCUT2D eigenvalue weighted by atomic mass is 16.5. The zero-order valence-electron chi connectivity index (χ0n) is 10.8. The molecule has 0 fully saturated rings. The normalized spacial score (nSPS) is 18.7. The summed E-state index contributed by atoms with van der Waals surface area (Å²) in [5.41, 5.74) is 0.460. The Hall–Kier alpha value is -2.12. The molecule has 0 aliphatic carbocycles. The van der Waals surface area contributed by atoms with Crippen molar-refractivity contribution in [2.75, 3.05) is 0 Å². The summed E-state index contributed by atoms with van der Waals surface area (Å²) in [7, 11) is 0. The van der Waals surface area contributed by atoms with Gasteiger partial charge < -0.3 is 20.8 Å². The Morgan fingerprint density at radius 1 is 0.944 bits per heavy atom. The predicted molar refractivity (Wildman–Crippen MR) is 68.1 cm³/mol. The molecule has 2 unspecified atom stereocenters. The van der Waals surface area contributed by atoms with Crippen LogP contribution < -0.4 is 0 Å². The standard InChI is InChI=1S/C10H18N4O4/c1-7(11-15)9(3)13(17)5-6-14(18)10(4)8(2)12-16/h5-6,9-10,15-16H,1-4H3. The van der Waals surface area contributed by atoms with Gasteiger partial charge in [0.05, 0.1) is 0 Å². The number of hydrogen-bond acceptors (Lipinski definition) is 6. The van der Waals surface area contributed by atoms with E-state index >= 15 is 0 Å². The van der Waals surface area contributed by atoms with Crippen molar-refractivity contribution >= 4 is 23.9 Å². The van der Waals surface area contributed by atoms with Crippen LogP contribution in [0.25, 0.3) is 0 Å². The Bertz CT molecular complexity index is 363. The number of hydrogen-bond donors (Lipinski definition) is 2. The van der Waals surface area contributed by atoms with Gasteiger partial charge in [-0.25, -0.2) is 0 Å². The fraction of sp³-hybridized carbons (Fsp3) is 0.600. The molecular formula is C10H18N4O4. The molecule has 0 amide bonds. The molecule has 0 saturated carbocycles. The molecule has 18 heavy (non-hydrogen) atoms. The van der Waals surface area contributed by atoms with Crippen LogP contribution in [0.2, 0.25) is 0 Å². The highest BCUT2D eigenvalue weighted by Crippen LogP contribution is 1.93. The minimum absolute atomic E-state index is 0.230. The van der Waals surface area contributed by atoms with Gasteiger partial charge >= 0.3 is 0 Å². The minimum Gasteiger partial charge on any atom is -0.623 e. The van der Waals surface area contributed by atoms with E-state index in [2.05, 4.69) is 10.3 Å². The van der Waals surface area contributed by atoms with Gasteiger partial charge in [0.25, 0.3) is 0 Å². The van der Waals surface area contributed by atoms with Gasteiger partial charge in [0.2, 0.25) is 24.5 Å². The zero-order valence-corrected chi connectivity index (χ0v) is 10.8. The predicted octanol–water partition coefficient (Wildman–Crippen LogP) is 0.626. The topological polar surface area (TPSA) is 117 Å². The third kappa shape index (κ3) is 4.40. The minimum atomic E-state index is -0.678. The fourth-order valence-corrected chi connectivity index (χ4v) is 0.925. The van der Waals surface area contributed by atoms with Gasteiger partial charge in [-0.2, -0.15) is 9.48 Å².